The van der Waals surface area contributed by atoms with Gasteiger partial charge < -0.3 is 15.1 Å². The number of amides is 2. The van der Waals surface area contributed by atoms with E-state index in [-0.39, 0.29) is 11.3 Å². The highest BCUT2D eigenvalue weighted by atomic mass is 16.2. The van der Waals surface area contributed by atoms with Gasteiger partial charge in [0.2, 0.25) is 11.8 Å². The van der Waals surface area contributed by atoms with E-state index in [2.05, 4.69) is 64.9 Å². The van der Waals surface area contributed by atoms with Crippen LogP contribution in [0, 0.1) is 29.1 Å². The summed E-state index contributed by atoms with van der Waals surface area (Å²) >= 11 is 0. The minimum Gasteiger partial charge on any atom is -0.355 e. The molecule has 1 aliphatic carbocycles. The number of hydrogen-bond donors (Lipinski definition) is 1. The van der Waals surface area contributed by atoms with Crippen molar-refractivity contribution in [1.82, 2.24) is 15.1 Å². The fourth-order valence-electron chi connectivity index (χ4n) is 4.68. The van der Waals surface area contributed by atoms with E-state index in [9.17, 15) is 9.59 Å². The number of likely N-dealkylation sites (N-methyl/N-ethyl adjacent to an activating group) is 1. The molecule has 0 aromatic carbocycles. The van der Waals surface area contributed by atoms with Crippen molar-refractivity contribution < 1.29 is 9.59 Å². The number of allylic oxidation sites excluding steroid dienone is 1. The van der Waals surface area contributed by atoms with Gasteiger partial charge in [0.1, 0.15) is 0 Å². The van der Waals surface area contributed by atoms with Gasteiger partial charge in [0.05, 0.1) is 0 Å². The Balaban J connectivity index is 1.97. The predicted molar refractivity (Wildman–Crippen MR) is 119 cm³/mol. The van der Waals surface area contributed by atoms with Gasteiger partial charge in [-0.15, -0.1) is 0 Å². The molecule has 3 atom stereocenters. The maximum Gasteiger partial charge on any atom is 0.223 e. The molecule has 0 radical (unpaired) electrons. The van der Waals surface area contributed by atoms with E-state index in [1.807, 2.05) is 4.90 Å². The maximum absolute atomic E-state index is 12.8. The molecule has 0 aromatic heterocycles. The van der Waals surface area contributed by atoms with E-state index in [1.165, 1.54) is 5.57 Å². The number of piperazine rings is 1. The van der Waals surface area contributed by atoms with Crippen molar-refractivity contribution in [3.05, 3.63) is 11.6 Å². The van der Waals surface area contributed by atoms with Crippen molar-refractivity contribution in [1.29, 1.82) is 0 Å². The fourth-order valence-corrected chi connectivity index (χ4v) is 4.68. The summed E-state index contributed by atoms with van der Waals surface area (Å²) in [6.45, 7) is 17.3. The summed E-state index contributed by atoms with van der Waals surface area (Å²) in [7, 11) is 2.11. The van der Waals surface area contributed by atoms with Crippen molar-refractivity contribution in [2.24, 2.45) is 29.1 Å². The van der Waals surface area contributed by atoms with Crippen molar-refractivity contribution in [3.8, 4) is 0 Å². The van der Waals surface area contributed by atoms with Crippen molar-refractivity contribution in [3.63, 3.8) is 0 Å². The lowest BCUT2D eigenvalue weighted by molar-refractivity contribution is -0.133. The Morgan fingerprint density at radius 1 is 1.17 bits per heavy atom. The van der Waals surface area contributed by atoms with Gasteiger partial charge in [0, 0.05) is 45.6 Å². The average Bonchev–Trinajstić information content (AvgIpc) is 2.60. The summed E-state index contributed by atoms with van der Waals surface area (Å²) < 4.78 is 0. The standard InChI is InChI=1S/C24H43N3O2/c1-17(2)21-13-19(14-23(29)27-10-8-26(7)9-11-27)18(3)12-20(21)16-25-22(28)15-24(4,5)6/h12,17,19-21H,8-11,13-16H2,1-7H3,(H,25,28). The number of hydrogen-bond acceptors (Lipinski definition) is 3. The molecule has 0 saturated carbocycles. The number of nitrogens with zero attached hydrogens (tertiary/aromatic N) is 2. The van der Waals surface area contributed by atoms with Crippen LogP contribution in [-0.2, 0) is 9.59 Å². The zero-order valence-electron chi connectivity index (χ0n) is 19.8. The third kappa shape index (κ3) is 7.44. The van der Waals surface area contributed by atoms with Crippen LogP contribution in [0.5, 0.6) is 0 Å². The van der Waals surface area contributed by atoms with E-state index in [0.29, 0.717) is 49.0 Å². The van der Waals surface area contributed by atoms with E-state index >= 15 is 0 Å². The van der Waals surface area contributed by atoms with E-state index in [0.717, 1.165) is 32.6 Å². The number of carbonyl (C=O) groups is 2. The van der Waals surface area contributed by atoms with E-state index in [1.54, 1.807) is 0 Å². The minimum absolute atomic E-state index is 0.00850. The molecular weight excluding hydrogens is 362 g/mol. The van der Waals surface area contributed by atoms with Crippen LogP contribution in [-0.4, -0.2) is 61.4 Å². The molecule has 29 heavy (non-hydrogen) atoms. The van der Waals surface area contributed by atoms with Gasteiger partial charge in [-0.25, -0.2) is 0 Å². The molecule has 2 amide bonds. The molecule has 0 aromatic rings. The predicted octanol–water partition coefficient (Wildman–Crippen LogP) is 3.56. The highest BCUT2D eigenvalue weighted by molar-refractivity contribution is 5.77. The summed E-state index contributed by atoms with van der Waals surface area (Å²) in [5.41, 5.74) is 1.33. The highest BCUT2D eigenvalue weighted by Gasteiger charge is 2.34. The number of nitrogens with one attached hydrogen (secondary N) is 1. The van der Waals surface area contributed by atoms with E-state index < -0.39 is 0 Å². The Labute approximate surface area is 178 Å². The molecule has 1 heterocycles. The van der Waals surface area contributed by atoms with Gasteiger partial charge in [-0.3, -0.25) is 9.59 Å². The first-order chi connectivity index (χ1) is 13.5. The molecule has 3 unspecified atom stereocenters. The molecule has 2 rings (SSSR count). The maximum atomic E-state index is 12.8. The van der Waals surface area contributed by atoms with Gasteiger partial charge in [-0.05, 0) is 49.5 Å². The molecule has 1 N–H and O–H groups in total. The quantitative estimate of drug-likeness (QED) is 0.688. The molecule has 5 heteroatoms. The first-order valence-electron chi connectivity index (χ1n) is 11.4. The Bertz CT molecular complexity index is 598. The largest absolute Gasteiger partial charge is 0.355 e. The smallest absolute Gasteiger partial charge is 0.223 e. The molecule has 2 aliphatic rings. The molecule has 1 fully saturated rings. The highest BCUT2D eigenvalue weighted by Crippen LogP contribution is 2.39. The summed E-state index contributed by atoms with van der Waals surface area (Å²) in [4.78, 5) is 29.4. The number of rotatable bonds is 6. The van der Waals surface area contributed by atoms with Crippen LogP contribution < -0.4 is 5.32 Å². The van der Waals surface area contributed by atoms with Crippen LogP contribution in [0.25, 0.3) is 0 Å². The lowest BCUT2D eigenvalue weighted by atomic mass is 9.69. The molecular formula is C24H43N3O2. The first-order valence-corrected chi connectivity index (χ1v) is 11.4. The summed E-state index contributed by atoms with van der Waals surface area (Å²) in [6, 6.07) is 0. The van der Waals surface area contributed by atoms with Crippen LogP contribution in [0.3, 0.4) is 0 Å². The minimum atomic E-state index is 0.00850. The van der Waals surface area contributed by atoms with E-state index in [4.69, 9.17) is 0 Å². The SMILES string of the molecule is CC1=CC(CNC(=O)CC(C)(C)C)C(C(C)C)CC1CC(=O)N1CCN(C)CC1. The molecule has 166 valence electrons. The van der Waals surface area contributed by atoms with Crippen LogP contribution in [0.15, 0.2) is 11.6 Å². The monoisotopic (exact) mass is 405 g/mol. The summed E-state index contributed by atoms with van der Waals surface area (Å²) in [6.07, 6.45) is 4.56. The zero-order valence-corrected chi connectivity index (χ0v) is 19.8. The number of carbonyl (C=O) groups excluding carboxylic acids is 2. The third-order valence-electron chi connectivity index (χ3n) is 6.59. The lowest BCUT2D eigenvalue weighted by Gasteiger charge is -2.38. The Morgan fingerprint density at radius 3 is 2.34 bits per heavy atom. The molecule has 1 aliphatic heterocycles. The fraction of sp³-hybridized carbons (Fsp3) is 0.833. The first kappa shape index (κ1) is 23.9. The second-order valence-electron chi connectivity index (χ2n) is 10.8. The zero-order chi connectivity index (χ0) is 21.8. The van der Waals surface area contributed by atoms with Crippen LogP contribution >= 0.6 is 0 Å². The topological polar surface area (TPSA) is 52.7 Å². The lowest BCUT2D eigenvalue weighted by Crippen LogP contribution is -2.47. The van der Waals surface area contributed by atoms with Crippen LogP contribution in [0.2, 0.25) is 0 Å². The molecule has 0 spiro atoms. The van der Waals surface area contributed by atoms with Crippen molar-refractivity contribution in [2.45, 2.75) is 60.8 Å². The second kappa shape index (κ2) is 10.1. The van der Waals surface area contributed by atoms with Crippen LogP contribution in [0.1, 0.15) is 60.8 Å². The summed E-state index contributed by atoms with van der Waals surface area (Å²) in [5, 5.41) is 3.16. The normalized spacial score (nSPS) is 26.4. The van der Waals surface area contributed by atoms with Crippen molar-refractivity contribution >= 4 is 11.8 Å². The third-order valence-corrected chi connectivity index (χ3v) is 6.59. The Morgan fingerprint density at radius 2 is 1.79 bits per heavy atom. The van der Waals surface area contributed by atoms with Gasteiger partial charge in [-0.1, -0.05) is 46.3 Å². The molecule has 5 nitrogen and oxygen atoms in total. The van der Waals surface area contributed by atoms with Gasteiger partial charge >= 0.3 is 0 Å². The molecule has 0 bridgehead atoms. The van der Waals surface area contributed by atoms with Gasteiger partial charge in [0.15, 0.2) is 0 Å². The Hall–Kier alpha value is -1.36. The second-order valence-corrected chi connectivity index (χ2v) is 10.8. The molecule has 1 saturated heterocycles. The summed E-state index contributed by atoms with van der Waals surface area (Å²) in [5.74, 6) is 2.16. The Kier molecular flexibility index (Phi) is 8.33. The van der Waals surface area contributed by atoms with Gasteiger partial charge in [-0.2, -0.15) is 0 Å². The van der Waals surface area contributed by atoms with Crippen LogP contribution in [0.4, 0.5) is 0 Å². The van der Waals surface area contributed by atoms with Crippen molar-refractivity contribution in [2.75, 3.05) is 39.8 Å². The average molecular weight is 406 g/mol. The van der Waals surface area contributed by atoms with Gasteiger partial charge in [0.25, 0.3) is 0 Å².